The lowest BCUT2D eigenvalue weighted by atomic mass is 9.83. The van der Waals surface area contributed by atoms with Crippen LogP contribution in [0.4, 0.5) is 9.18 Å². The largest absolute Gasteiger partial charge is 0.445 e. The van der Waals surface area contributed by atoms with Gasteiger partial charge >= 0.3 is 6.09 Å². The molecule has 3 amide bonds. The molecule has 2 aromatic carbocycles. The van der Waals surface area contributed by atoms with E-state index in [0.29, 0.717) is 12.4 Å². The second kappa shape index (κ2) is 14.4. The molecule has 3 atom stereocenters. The summed E-state index contributed by atoms with van der Waals surface area (Å²) in [7, 11) is 1.54. The maximum absolute atomic E-state index is 14.4. The van der Waals surface area contributed by atoms with Gasteiger partial charge < -0.3 is 19.5 Å². The zero-order chi connectivity index (χ0) is 32.9. The minimum Gasteiger partial charge on any atom is -0.445 e. The number of carbonyl (C=O) groups is 3. The molecule has 1 aliphatic carbocycles. The van der Waals surface area contributed by atoms with Crippen molar-refractivity contribution in [2.24, 2.45) is 5.92 Å². The van der Waals surface area contributed by atoms with Gasteiger partial charge in [-0.25, -0.2) is 14.2 Å². The van der Waals surface area contributed by atoms with Crippen molar-refractivity contribution in [2.75, 3.05) is 13.6 Å². The Morgan fingerprint density at radius 2 is 1.79 bits per heavy atom. The Labute approximate surface area is 274 Å². The molecule has 47 heavy (non-hydrogen) atoms. The summed E-state index contributed by atoms with van der Waals surface area (Å²) in [5, 5.41) is 3.86. The molecule has 0 spiro atoms. The zero-order valence-corrected chi connectivity index (χ0v) is 27.0. The van der Waals surface area contributed by atoms with Crippen LogP contribution in [0, 0.1) is 11.7 Å². The molecule has 9 nitrogen and oxygen atoms in total. The molecule has 2 fully saturated rings. The summed E-state index contributed by atoms with van der Waals surface area (Å²) in [6, 6.07) is 18.1. The molecule has 6 rings (SSSR count). The number of hydrogen-bond acceptors (Lipinski definition) is 5. The molecule has 2 aromatic heterocycles. The van der Waals surface area contributed by atoms with E-state index in [1.165, 1.54) is 24.1 Å². The van der Waals surface area contributed by atoms with Crippen LogP contribution < -0.4 is 5.32 Å². The number of aromatic nitrogens is 2. The van der Waals surface area contributed by atoms with E-state index in [1.807, 2.05) is 64.2 Å². The van der Waals surface area contributed by atoms with Crippen LogP contribution in [0.15, 0.2) is 79.1 Å². The lowest BCUT2D eigenvalue weighted by Gasteiger charge is -2.36. The van der Waals surface area contributed by atoms with Crippen LogP contribution >= 0.6 is 0 Å². The van der Waals surface area contributed by atoms with Crippen molar-refractivity contribution in [1.29, 1.82) is 0 Å². The monoisotopic (exact) mass is 639 g/mol. The number of carbonyl (C=O) groups excluding carboxylic acids is 3. The second-order valence-corrected chi connectivity index (χ2v) is 12.7. The summed E-state index contributed by atoms with van der Waals surface area (Å²) >= 11 is 0. The van der Waals surface area contributed by atoms with Crippen LogP contribution in [0.5, 0.6) is 0 Å². The van der Waals surface area contributed by atoms with E-state index in [9.17, 15) is 18.8 Å². The predicted octanol–water partition coefficient (Wildman–Crippen LogP) is 6.55. The van der Waals surface area contributed by atoms with Crippen molar-refractivity contribution in [2.45, 2.75) is 76.6 Å². The van der Waals surface area contributed by atoms with Gasteiger partial charge in [0.05, 0.1) is 11.6 Å². The van der Waals surface area contributed by atoms with Gasteiger partial charge in [-0.2, -0.15) is 0 Å². The number of amides is 3. The predicted molar refractivity (Wildman–Crippen MR) is 177 cm³/mol. The first kappa shape index (κ1) is 32.2. The summed E-state index contributed by atoms with van der Waals surface area (Å²) in [4.78, 5) is 48.6. The van der Waals surface area contributed by atoms with Gasteiger partial charge in [-0.15, -0.1) is 0 Å². The summed E-state index contributed by atoms with van der Waals surface area (Å²) in [5.74, 6) is -0.0543. The third-order valence-electron chi connectivity index (χ3n) is 9.73. The molecule has 1 saturated carbocycles. The average Bonchev–Trinajstić information content (AvgIpc) is 3.77. The van der Waals surface area contributed by atoms with Gasteiger partial charge in [-0.3, -0.25) is 14.5 Å². The number of likely N-dealkylation sites (tertiary alicyclic amines) is 1. The minimum absolute atomic E-state index is 0.0172. The highest BCUT2D eigenvalue weighted by atomic mass is 19.1. The molecule has 1 aliphatic heterocycles. The summed E-state index contributed by atoms with van der Waals surface area (Å²) < 4.78 is 21.2. The first-order valence-electron chi connectivity index (χ1n) is 16.6. The lowest BCUT2D eigenvalue weighted by molar-refractivity contribution is -0.140. The molecular formula is C37H42FN5O4. The average molecular weight is 640 g/mol. The smallest absolute Gasteiger partial charge is 0.410 e. The third kappa shape index (κ3) is 7.16. The van der Waals surface area contributed by atoms with E-state index >= 15 is 0 Å². The number of nitrogens with zero attached hydrogens (tertiary/aromatic N) is 4. The van der Waals surface area contributed by atoms with E-state index in [2.05, 4.69) is 10.3 Å². The van der Waals surface area contributed by atoms with E-state index in [-0.39, 0.29) is 36.2 Å². The standard InChI is InChI=1S/C37H42FN5O4/c1-25(41(2)37(46)47-24-26-10-5-3-6-11-26)35(44)40-34(27-12-7-4-8-13-27)36(45)43-20-9-14-31(43)28-17-19-39-33(23-28)42-21-18-29-22-30(38)15-16-32(29)42/h3,5-6,10-11,15-19,21-23,25,27,31,34H,4,7-9,12-14,20,24H2,1-2H3,(H,40,44). The Hall–Kier alpha value is -4.73. The van der Waals surface area contributed by atoms with Crippen molar-refractivity contribution < 1.29 is 23.5 Å². The number of benzene rings is 2. The zero-order valence-electron chi connectivity index (χ0n) is 27.0. The quantitative estimate of drug-likeness (QED) is 0.224. The van der Waals surface area contributed by atoms with Crippen LogP contribution in [0.1, 0.15) is 69.0 Å². The molecule has 10 heteroatoms. The maximum Gasteiger partial charge on any atom is 0.410 e. The van der Waals surface area contributed by atoms with Crippen LogP contribution in [-0.2, 0) is 20.9 Å². The highest BCUT2D eigenvalue weighted by Gasteiger charge is 2.40. The van der Waals surface area contributed by atoms with Crippen LogP contribution in [0.2, 0.25) is 0 Å². The van der Waals surface area contributed by atoms with Crippen molar-refractivity contribution >= 4 is 28.8 Å². The van der Waals surface area contributed by atoms with E-state index in [1.54, 1.807) is 19.2 Å². The van der Waals surface area contributed by atoms with Crippen molar-refractivity contribution in [3.63, 3.8) is 0 Å². The minimum atomic E-state index is -0.834. The highest BCUT2D eigenvalue weighted by molar-refractivity contribution is 5.91. The van der Waals surface area contributed by atoms with Crippen LogP contribution in [0.3, 0.4) is 0 Å². The normalized spacial score (nSPS) is 18.1. The number of hydrogen-bond donors (Lipinski definition) is 1. The Morgan fingerprint density at radius 1 is 1.00 bits per heavy atom. The van der Waals surface area contributed by atoms with Gasteiger partial charge in [0.25, 0.3) is 0 Å². The fourth-order valence-corrected chi connectivity index (χ4v) is 6.92. The number of likely N-dealkylation sites (N-methyl/N-ethyl adjacent to an activating group) is 1. The van der Waals surface area contributed by atoms with Gasteiger partial charge in [0.15, 0.2) is 0 Å². The van der Waals surface area contributed by atoms with Crippen molar-refractivity contribution in [3.8, 4) is 5.82 Å². The first-order chi connectivity index (χ1) is 22.8. The summed E-state index contributed by atoms with van der Waals surface area (Å²) in [6.07, 6.45) is 9.51. The van der Waals surface area contributed by atoms with Gasteiger partial charge in [0.1, 0.15) is 30.3 Å². The van der Waals surface area contributed by atoms with Crippen LogP contribution in [-0.4, -0.2) is 62.9 Å². The molecule has 1 saturated heterocycles. The van der Waals surface area contributed by atoms with E-state index in [0.717, 1.165) is 67.0 Å². The molecule has 4 aromatic rings. The third-order valence-corrected chi connectivity index (χ3v) is 9.73. The Bertz CT molecular complexity index is 1720. The molecule has 246 valence electrons. The fourth-order valence-electron chi connectivity index (χ4n) is 6.92. The number of fused-ring (bicyclic) bond motifs is 1. The van der Waals surface area contributed by atoms with Crippen molar-refractivity contribution in [1.82, 2.24) is 24.7 Å². The number of pyridine rings is 1. The van der Waals surface area contributed by atoms with Gasteiger partial charge in [0, 0.05) is 31.4 Å². The molecular weight excluding hydrogens is 597 g/mol. The van der Waals surface area contributed by atoms with Gasteiger partial charge in [-0.1, -0.05) is 49.6 Å². The summed E-state index contributed by atoms with van der Waals surface area (Å²) in [5.41, 5.74) is 2.67. The lowest BCUT2D eigenvalue weighted by Crippen LogP contribution is -2.56. The second-order valence-electron chi connectivity index (χ2n) is 12.7. The molecule has 3 heterocycles. The number of nitrogens with one attached hydrogen (secondary N) is 1. The molecule has 3 unspecified atom stereocenters. The SMILES string of the molecule is CC(C(=O)NC(C(=O)N1CCCC1c1ccnc(-n2ccc3cc(F)ccc32)c1)C1CCCCC1)N(C)C(=O)OCc1ccccc1. The van der Waals surface area contributed by atoms with Crippen LogP contribution in [0.25, 0.3) is 16.7 Å². The van der Waals surface area contributed by atoms with Crippen molar-refractivity contribution in [3.05, 3.63) is 96.1 Å². The Kier molecular flexibility index (Phi) is 9.84. The van der Waals surface area contributed by atoms with E-state index < -0.39 is 18.2 Å². The number of rotatable bonds is 9. The maximum atomic E-state index is 14.4. The molecule has 0 radical (unpaired) electrons. The molecule has 2 aliphatic rings. The highest BCUT2D eigenvalue weighted by Crippen LogP contribution is 2.36. The number of halogens is 1. The Morgan fingerprint density at radius 3 is 2.57 bits per heavy atom. The van der Waals surface area contributed by atoms with E-state index in [4.69, 9.17) is 4.74 Å². The first-order valence-corrected chi connectivity index (χ1v) is 16.6. The number of ether oxygens (including phenoxy) is 1. The fraction of sp³-hybridized carbons (Fsp3) is 0.405. The molecule has 0 bridgehead atoms. The topological polar surface area (TPSA) is 96.8 Å². The Balaban J connectivity index is 1.18. The van der Waals surface area contributed by atoms with Gasteiger partial charge in [0.2, 0.25) is 11.8 Å². The summed E-state index contributed by atoms with van der Waals surface area (Å²) in [6.45, 7) is 2.35. The van der Waals surface area contributed by atoms with Gasteiger partial charge in [-0.05, 0) is 86.1 Å². The molecule has 1 N–H and O–H groups in total.